The molecule has 2 aromatic carbocycles. The molecule has 0 saturated carbocycles. The van der Waals surface area contributed by atoms with Gasteiger partial charge in [-0.1, -0.05) is 12.1 Å². The number of nitrogens with zero attached hydrogens (tertiary/aromatic N) is 1. The number of ether oxygens (including phenoxy) is 1. The summed E-state index contributed by atoms with van der Waals surface area (Å²) in [6, 6.07) is 12.6. The van der Waals surface area contributed by atoms with Gasteiger partial charge in [0.15, 0.2) is 0 Å². The second-order valence-corrected chi connectivity index (χ2v) is 7.29. The molecule has 0 amide bonds. The van der Waals surface area contributed by atoms with E-state index in [1.165, 1.54) is 24.3 Å². The first-order chi connectivity index (χ1) is 12.9. The number of hydrogen-bond donors (Lipinski definition) is 3. The predicted octanol–water partition coefficient (Wildman–Crippen LogP) is 2.34. The number of β-amino-alcohol motifs (C(OH)–C–C–N with tert-alkyl or cyclic N) is 1. The summed E-state index contributed by atoms with van der Waals surface area (Å²) in [5, 5.41) is 30.2. The van der Waals surface area contributed by atoms with Gasteiger partial charge in [0.2, 0.25) is 0 Å². The average Bonchev–Trinajstić information content (AvgIpc) is 2.65. The average molecular weight is 375 g/mol. The van der Waals surface area contributed by atoms with Gasteiger partial charge < -0.3 is 25.0 Å². The molecule has 146 valence electrons. The fourth-order valence-corrected chi connectivity index (χ4v) is 3.40. The molecule has 5 nitrogen and oxygen atoms in total. The Morgan fingerprint density at radius 3 is 2.30 bits per heavy atom. The van der Waals surface area contributed by atoms with Gasteiger partial charge in [-0.3, -0.25) is 0 Å². The van der Waals surface area contributed by atoms with Crippen molar-refractivity contribution in [3.05, 3.63) is 59.9 Å². The molecule has 0 spiro atoms. The molecule has 0 aliphatic carbocycles. The Balaban J connectivity index is 1.41. The highest BCUT2D eigenvalue weighted by Crippen LogP contribution is 2.26. The Hall–Kier alpha value is -2.15. The van der Waals surface area contributed by atoms with E-state index >= 15 is 0 Å². The number of benzene rings is 2. The van der Waals surface area contributed by atoms with Gasteiger partial charge in [0.05, 0.1) is 5.60 Å². The SMILES string of the molecule is Oc1ccc(OCC(O)CN2CCC(O)(Cc3ccc(F)cc3)CC2)cc1. The van der Waals surface area contributed by atoms with Gasteiger partial charge in [0.1, 0.15) is 30.0 Å². The zero-order valence-corrected chi connectivity index (χ0v) is 15.2. The molecule has 0 radical (unpaired) electrons. The minimum atomic E-state index is -0.790. The van der Waals surface area contributed by atoms with E-state index in [9.17, 15) is 19.7 Å². The summed E-state index contributed by atoms with van der Waals surface area (Å²) in [6.45, 7) is 2.02. The van der Waals surface area contributed by atoms with Gasteiger partial charge in [-0.2, -0.15) is 0 Å². The summed E-state index contributed by atoms with van der Waals surface area (Å²) in [6.07, 6.45) is 1.08. The zero-order chi connectivity index (χ0) is 19.3. The highest BCUT2D eigenvalue weighted by molar-refractivity contribution is 5.30. The second kappa shape index (κ2) is 8.69. The first kappa shape index (κ1) is 19.6. The largest absolute Gasteiger partial charge is 0.508 e. The quantitative estimate of drug-likeness (QED) is 0.693. The van der Waals surface area contributed by atoms with E-state index in [0.717, 1.165) is 5.56 Å². The first-order valence-electron chi connectivity index (χ1n) is 9.21. The minimum absolute atomic E-state index is 0.168. The Morgan fingerprint density at radius 1 is 1.04 bits per heavy atom. The molecule has 6 heteroatoms. The first-order valence-corrected chi connectivity index (χ1v) is 9.21. The van der Waals surface area contributed by atoms with Crippen molar-refractivity contribution in [1.82, 2.24) is 4.90 Å². The second-order valence-electron chi connectivity index (χ2n) is 7.29. The lowest BCUT2D eigenvalue weighted by molar-refractivity contribution is -0.0325. The van der Waals surface area contributed by atoms with E-state index in [-0.39, 0.29) is 18.2 Å². The molecule has 1 aliphatic heterocycles. The number of rotatable bonds is 7. The van der Waals surface area contributed by atoms with Gasteiger partial charge in [-0.15, -0.1) is 0 Å². The molecule has 2 aromatic rings. The van der Waals surface area contributed by atoms with Gasteiger partial charge in [-0.25, -0.2) is 4.39 Å². The lowest BCUT2D eigenvalue weighted by atomic mass is 9.85. The highest BCUT2D eigenvalue weighted by Gasteiger charge is 2.32. The number of aromatic hydroxyl groups is 1. The van der Waals surface area contributed by atoms with Crippen LogP contribution in [0.2, 0.25) is 0 Å². The van der Waals surface area contributed by atoms with E-state index in [2.05, 4.69) is 4.90 Å². The van der Waals surface area contributed by atoms with Gasteiger partial charge >= 0.3 is 0 Å². The smallest absolute Gasteiger partial charge is 0.123 e. The molecular formula is C21H26FNO4. The van der Waals surface area contributed by atoms with Crippen molar-refractivity contribution in [2.45, 2.75) is 31.0 Å². The van der Waals surface area contributed by atoms with Crippen molar-refractivity contribution in [2.24, 2.45) is 0 Å². The normalized spacial score (nSPS) is 18.2. The topological polar surface area (TPSA) is 73.2 Å². The fourth-order valence-electron chi connectivity index (χ4n) is 3.40. The van der Waals surface area contributed by atoms with Crippen LogP contribution in [0.4, 0.5) is 4.39 Å². The molecule has 1 heterocycles. The van der Waals surface area contributed by atoms with E-state index in [1.54, 1.807) is 24.3 Å². The molecule has 0 bridgehead atoms. The van der Waals surface area contributed by atoms with Crippen LogP contribution >= 0.6 is 0 Å². The Labute approximate surface area is 158 Å². The third-order valence-electron chi connectivity index (χ3n) is 4.98. The molecule has 1 unspecified atom stereocenters. The van der Waals surface area contributed by atoms with Crippen LogP contribution in [0.15, 0.2) is 48.5 Å². The number of piperidine rings is 1. The molecule has 1 aliphatic rings. The van der Waals surface area contributed by atoms with Crippen molar-refractivity contribution in [2.75, 3.05) is 26.2 Å². The zero-order valence-electron chi connectivity index (χ0n) is 15.2. The molecular weight excluding hydrogens is 349 g/mol. The molecule has 1 atom stereocenters. The minimum Gasteiger partial charge on any atom is -0.508 e. The van der Waals surface area contributed by atoms with Crippen molar-refractivity contribution < 1.29 is 24.4 Å². The van der Waals surface area contributed by atoms with Crippen molar-refractivity contribution in [1.29, 1.82) is 0 Å². The van der Waals surface area contributed by atoms with Crippen LogP contribution in [0.1, 0.15) is 18.4 Å². The van der Waals surface area contributed by atoms with E-state index in [0.29, 0.717) is 44.6 Å². The maximum atomic E-state index is 13.0. The lowest BCUT2D eigenvalue weighted by Crippen LogP contribution is -2.48. The van der Waals surface area contributed by atoms with Gasteiger partial charge in [0.25, 0.3) is 0 Å². The number of phenolic OH excluding ortho intramolecular Hbond substituents is 1. The summed E-state index contributed by atoms with van der Waals surface area (Å²) >= 11 is 0. The molecule has 1 saturated heterocycles. The summed E-state index contributed by atoms with van der Waals surface area (Å²) < 4.78 is 18.5. The number of hydrogen-bond acceptors (Lipinski definition) is 5. The van der Waals surface area contributed by atoms with Gasteiger partial charge in [-0.05, 0) is 54.8 Å². The van der Waals surface area contributed by atoms with E-state index in [1.807, 2.05) is 0 Å². The number of likely N-dealkylation sites (tertiary alicyclic amines) is 1. The molecule has 3 N–H and O–H groups in total. The summed E-state index contributed by atoms with van der Waals surface area (Å²) in [5.41, 5.74) is 0.136. The predicted molar refractivity (Wildman–Crippen MR) is 100 cm³/mol. The monoisotopic (exact) mass is 375 g/mol. The molecule has 1 fully saturated rings. The summed E-state index contributed by atoms with van der Waals surface area (Å²) in [4.78, 5) is 2.12. The summed E-state index contributed by atoms with van der Waals surface area (Å²) in [7, 11) is 0. The molecule has 3 rings (SSSR count). The fraction of sp³-hybridized carbons (Fsp3) is 0.429. The number of halogens is 1. The summed E-state index contributed by atoms with van der Waals surface area (Å²) in [5.74, 6) is 0.493. The third kappa shape index (κ3) is 5.92. The van der Waals surface area contributed by atoms with Crippen LogP contribution in [0.5, 0.6) is 11.5 Å². The van der Waals surface area contributed by atoms with Crippen LogP contribution in [-0.2, 0) is 6.42 Å². The third-order valence-corrected chi connectivity index (χ3v) is 4.98. The van der Waals surface area contributed by atoms with Gasteiger partial charge in [0, 0.05) is 26.1 Å². The standard InChI is InChI=1S/C21H26FNO4/c22-17-3-1-16(2-4-17)13-21(26)9-11-23(12-10-21)14-19(25)15-27-20-7-5-18(24)6-8-20/h1-8,19,24-26H,9-15H2. The lowest BCUT2D eigenvalue weighted by Gasteiger charge is -2.39. The van der Waals surface area contributed by atoms with Crippen molar-refractivity contribution >= 4 is 0 Å². The van der Waals surface area contributed by atoms with Crippen LogP contribution in [0.25, 0.3) is 0 Å². The van der Waals surface area contributed by atoms with E-state index in [4.69, 9.17) is 4.74 Å². The Kier molecular flexibility index (Phi) is 6.31. The maximum Gasteiger partial charge on any atom is 0.123 e. The number of aliphatic hydroxyl groups is 2. The van der Waals surface area contributed by atoms with E-state index < -0.39 is 11.7 Å². The Morgan fingerprint density at radius 2 is 1.67 bits per heavy atom. The Bertz CT molecular complexity index is 712. The van der Waals surface area contributed by atoms with Crippen LogP contribution in [0.3, 0.4) is 0 Å². The number of aliphatic hydroxyl groups excluding tert-OH is 1. The van der Waals surface area contributed by atoms with Crippen LogP contribution in [-0.4, -0.2) is 58.2 Å². The maximum absolute atomic E-state index is 13.0. The van der Waals surface area contributed by atoms with Crippen molar-refractivity contribution in [3.8, 4) is 11.5 Å². The highest BCUT2D eigenvalue weighted by atomic mass is 19.1. The molecule has 0 aromatic heterocycles. The van der Waals surface area contributed by atoms with Crippen molar-refractivity contribution in [3.63, 3.8) is 0 Å². The molecule has 27 heavy (non-hydrogen) atoms. The van der Waals surface area contributed by atoms with Crippen LogP contribution in [0, 0.1) is 5.82 Å². The number of phenols is 1. The van der Waals surface area contributed by atoms with Crippen LogP contribution < -0.4 is 4.74 Å².